The fourth-order valence-corrected chi connectivity index (χ4v) is 3.95. The van der Waals surface area contributed by atoms with Crippen LogP contribution in [0.3, 0.4) is 0 Å². The van der Waals surface area contributed by atoms with Crippen molar-refractivity contribution in [2.24, 2.45) is 23.7 Å². The monoisotopic (exact) mass is 372 g/mol. The average molecular weight is 373 g/mol. The van der Waals surface area contributed by atoms with Crippen molar-refractivity contribution in [1.29, 1.82) is 0 Å². The van der Waals surface area contributed by atoms with Crippen molar-refractivity contribution in [2.45, 2.75) is 72.4 Å². The van der Waals surface area contributed by atoms with Crippen molar-refractivity contribution in [3.63, 3.8) is 0 Å². The number of rotatable bonds is 8. The van der Waals surface area contributed by atoms with Gasteiger partial charge in [0.15, 0.2) is 0 Å². The second kappa shape index (κ2) is 10.5. The highest BCUT2D eigenvalue weighted by molar-refractivity contribution is 5.88. The molecular weight excluding hydrogens is 336 g/mol. The Morgan fingerprint density at radius 3 is 2.19 bits per heavy atom. The quantitative estimate of drug-likeness (QED) is 0.715. The largest absolute Gasteiger partial charge is 0.350 e. The van der Waals surface area contributed by atoms with E-state index in [0.29, 0.717) is 24.8 Å². The summed E-state index contributed by atoms with van der Waals surface area (Å²) < 4.78 is 0. The zero-order valence-electron chi connectivity index (χ0n) is 17.3. The Hall–Kier alpha value is -1.84. The topological polar surface area (TPSA) is 58.2 Å². The van der Waals surface area contributed by atoms with Crippen LogP contribution in [-0.4, -0.2) is 17.9 Å². The average Bonchev–Trinajstić information content (AvgIpc) is 2.66. The summed E-state index contributed by atoms with van der Waals surface area (Å²) in [7, 11) is 0. The first-order valence-electron chi connectivity index (χ1n) is 10.5. The van der Waals surface area contributed by atoms with E-state index in [-0.39, 0.29) is 17.7 Å². The summed E-state index contributed by atoms with van der Waals surface area (Å²) in [4.78, 5) is 25.4. The molecule has 1 aliphatic carbocycles. The minimum Gasteiger partial charge on any atom is -0.350 e. The lowest BCUT2D eigenvalue weighted by Crippen LogP contribution is -2.49. The van der Waals surface area contributed by atoms with Gasteiger partial charge in [0.2, 0.25) is 11.8 Å². The molecule has 0 aliphatic heterocycles. The molecule has 1 saturated carbocycles. The van der Waals surface area contributed by atoms with Gasteiger partial charge < -0.3 is 10.6 Å². The van der Waals surface area contributed by atoms with Crippen LogP contribution in [-0.2, 0) is 16.1 Å². The van der Waals surface area contributed by atoms with E-state index >= 15 is 0 Å². The molecule has 4 nitrogen and oxygen atoms in total. The van der Waals surface area contributed by atoms with Gasteiger partial charge in [0.25, 0.3) is 0 Å². The summed E-state index contributed by atoms with van der Waals surface area (Å²) in [6.07, 6.45) is 4.77. The minimum atomic E-state index is -0.455. The lowest BCUT2D eigenvalue weighted by Gasteiger charge is -2.31. The van der Waals surface area contributed by atoms with Crippen LogP contribution in [0.25, 0.3) is 0 Å². The third-order valence-electron chi connectivity index (χ3n) is 5.74. The van der Waals surface area contributed by atoms with Gasteiger partial charge in [0.05, 0.1) is 0 Å². The molecule has 1 aromatic rings. The molecule has 1 unspecified atom stereocenters. The van der Waals surface area contributed by atoms with Gasteiger partial charge in [-0.25, -0.2) is 0 Å². The third-order valence-corrected chi connectivity index (χ3v) is 5.74. The molecule has 4 heteroatoms. The SMILES string of the molecule is CC(C)CC(NC(=O)C1CCC(C(C)C)CC1)C(=O)NCc1ccccc1. The zero-order valence-corrected chi connectivity index (χ0v) is 17.3. The van der Waals surface area contributed by atoms with Crippen molar-refractivity contribution < 1.29 is 9.59 Å². The summed E-state index contributed by atoms with van der Waals surface area (Å²) in [5, 5.41) is 6.03. The Balaban J connectivity index is 1.89. The lowest BCUT2D eigenvalue weighted by molar-refractivity contribution is -0.132. The van der Waals surface area contributed by atoms with Gasteiger partial charge >= 0.3 is 0 Å². The van der Waals surface area contributed by atoms with E-state index in [1.54, 1.807) is 0 Å². The summed E-state index contributed by atoms with van der Waals surface area (Å²) in [5.41, 5.74) is 1.06. The Kier molecular flexibility index (Phi) is 8.33. The second-order valence-corrected chi connectivity index (χ2v) is 8.75. The predicted molar refractivity (Wildman–Crippen MR) is 110 cm³/mol. The maximum Gasteiger partial charge on any atom is 0.242 e. The predicted octanol–water partition coefficient (Wildman–Crippen LogP) is 4.30. The van der Waals surface area contributed by atoms with E-state index in [2.05, 4.69) is 38.3 Å². The van der Waals surface area contributed by atoms with Crippen molar-refractivity contribution in [2.75, 3.05) is 0 Å². The van der Waals surface area contributed by atoms with Crippen LogP contribution in [0.2, 0.25) is 0 Å². The summed E-state index contributed by atoms with van der Waals surface area (Å²) >= 11 is 0. The number of hydrogen-bond acceptors (Lipinski definition) is 2. The molecular formula is C23H36N2O2. The number of carbonyl (C=O) groups is 2. The standard InChI is InChI=1S/C23H36N2O2/c1-16(2)14-21(23(27)24-15-18-8-6-5-7-9-18)25-22(26)20-12-10-19(11-13-20)17(3)4/h5-9,16-17,19-21H,10-15H2,1-4H3,(H,24,27)(H,25,26). The molecule has 150 valence electrons. The van der Waals surface area contributed by atoms with Crippen molar-refractivity contribution in [1.82, 2.24) is 10.6 Å². The molecule has 0 bridgehead atoms. The molecule has 0 aromatic heterocycles. The molecule has 0 saturated heterocycles. The highest BCUT2D eigenvalue weighted by atomic mass is 16.2. The Bertz CT molecular complexity index is 590. The van der Waals surface area contributed by atoms with E-state index in [1.807, 2.05) is 30.3 Å². The van der Waals surface area contributed by atoms with Gasteiger partial charge in [-0.3, -0.25) is 9.59 Å². The molecule has 1 atom stereocenters. The number of nitrogens with one attached hydrogen (secondary N) is 2. The summed E-state index contributed by atoms with van der Waals surface area (Å²) in [6, 6.07) is 9.41. The van der Waals surface area contributed by atoms with Crippen LogP contribution in [0.5, 0.6) is 0 Å². The number of amides is 2. The molecule has 1 aliphatic rings. The molecule has 0 spiro atoms. The number of carbonyl (C=O) groups excluding carboxylic acids is 2. The van der Waals surface area contributed by atoms with E-state index in [1.165, 1.54) is 0 Å². The van der Waals surface area contributed by atoms with Gasteiger partial charge in [-0.1, -0.05) is 58.0 Å². The normalized spacial score (nSPS) is 21.1. The van der Waals surface area contributed by atoms with Crippen LogP contribution >= 0.6 is 0 Å². The van der Waals surface area contributed by atoms with Crippen LogP contribution in [0.1, 0.15) is 65.4 Å². The van der Waals surface area contributed by atoms with Crippen LogP contribution < -0.4 is 10.6 Å². The van der Waals surface area contributed by atoms with E-state index in [0.717, 1.165) is 37.2 Å². The molecule has 2 rings (SSSR count). The smallest absolute Gasteiger partial charge is 0.242 e. The number of hydrogen-bond donors (Lipinski definition) is 2. The van der Waals surface area contributed by atoms with Crippen molar-refractivity contribution >= 4 is 11.8 Å². The fourth-order valence-electron chi connectivity index (χ4n) is 3.95. The first-order chi connectivity index (χ1) is 12.9. The second-order valence-electron chi connectivity index (χ2n) is 8.75. The van der Waals surface area contributed by atoms with E-state index < -0.39 is 6.04 Å². The number of benzene rings is 1. The maximum absolute atomic E-state index is 12.8. The minimum absolute atomic E-state index is 0.0524. The zero-order chi connectivity index (χ0) is 19.8. The highest BCUT2D eigenvalue weighted by Crippen LogP contribution is 2.33. The Morgan fingerprint density at radius 1 is 1.00 bits per heavy atom. The van der Waals surface area contributed by atoms with Crippen LogP contribution in [0.15, 0.2) is 30.3 Å². The summed E-state index contributed by atoms with van der Waals surface area (Å²) in [5.74, 6) is 1.78. The molecule has 2 N–H and O–H groups in total. The van der Waals surface area contributed by atoms with Gasteiger partial charge in [-0.15, -0.1) is 0 Å². The molecule has 0 radical (unpaired) electrons. The first-order valence-corrected chi connectivity index (χ1v) is 10.5. The Morgan fingerprint density at radius 2 is 1.63 bits per heavy atom. The van der Waals surface area contributed by atoms with E-state index in [4.69, 9.17) is 0 Å². The van der Waals surface area contributed by atoms with Crippen LogP contribution in [0.4, 0.5) is 0 Å². The fraction of sp³-hybridized carbons (Fsp3) is 0.652. The lowest BCUT2D eigenvalue weighted by atomic mass is 9.76. The van der Waals surface area contributed by atoms with Gasteiger partial charge in [-0.05, 0) is 55.4 Å². The molecule has 0 heterocycles. The van der Waals surface area contributed by atoms with Gasteiger partial charge in [0.1, 0.15) is 6.04 Å². The summed E-state index contributed by atoms with van der Waals surface area (Å²) in [6.45, 7) is 9.18. The molecule has 2 amide bonds. The third kappa shape index (κ3) is 7.00. The van der Waals surface area contributed by atoms with Crippen LogP contribution in [0, 0.1) is 23.7 Å². The highest BCUT2D eigenvalue weighted by Gasteiger charge is 2.30. The van der Waals surface area contributed by atoms with E-state index in [9.17, 15) is 9.59 Å². The first kappa shape index (κ1) is 21.5. The molecule has 1 fully saturated rings. The molecule has 27 heavy (non-hydrogen) atoms. The van der Waals surface area contributed by atoms with Gasteiger partial charge in [-0.2, -0.15) is 0 Å². The Labute approximate surface area is 164 Å². The van der Waals surface area contributed by atoms with Crippen molar-refractivity contribution in [3.8, 4) is 0 Å². The maximum atomic E-state index is 12.8. The molecule has 1 aromatic carbocycles. The van der Waals surface area contributed by atoms with Gasteiger partial charge in [0, 0.05) is 12.5 Å². The van der Waals surface area contributed by atoms with Crippen molar-refractivity contribution in [3.05, 3.63) is 35.9 Å².